The minimum atomic E-state index is 0.337. The van der Waals surface area contributed by atoms with Crippen molar-refractivity contribution < 1.29 is 0 Å². The van der Waals surface area contributed by atoms with Crippen molar-refractivity contribution in [1.82, 2.24) is 25.3 Å². The minimum absolute atomic E-state index is 0.337. The highest BCUT2D eigenvalue weighted by atomic mass is 15.1. The number of hydrogen-bond acceptors (Lipinski definition) is 6. The van der Waals surface area contributed by atoms with Crippen LogP contribution in [0.1, 0.15) is 30.4 Å². The zero-order valence-electron chi connectivity index (χ0n) is 10.8. The van der Waals surface area contributed by atoms with Crippen molar-refractivity contribution in [3.63, 3.8) is 0 Å². The van der Waals surface area contributed by atoms with Crippen LogP contribution >= 0.6 is 0 Å². The Bertz CT molecular complexity index is 550. The van der Waals surface area contributed by atoms with Gasteiger partial charge in [-0.25, -0.2) is 15.0 Å². The zero-order valence-corrected chi connectivity index (χ0v) is 10.8. The van der Waals surface area contributed by atoms with Gasteiger partial charge in [-0.05, 0) is 26.3 Å². The van der Waals surface area contributed by atoms with E-state index in [1.807, 2.05) is 13.0 Å². The Morgan fingerprint density at radius 2 is 2.21 bits per heavy atom. The number of aryl methyl sites for hydroxylation is 1. The molecule has 0 amide bonds. The van der Waals surface area contributed by atoms with Crippen LogP contribution in [0.3, 0.4) is 0 Å². The highest BCUT2D eigenvalue weighted by Gasteiger charge is 2.18. The third-order valence-electron chi connectivity index (χ3n) is 3.09. The van der Waals surface area contributed by atoms with Crippen molar-refractivity contribution in [2.75, 3.05) is 11.9 Å². The Morgan fingerprint density at radius 3 is 2.95 bits per heavy atom. The normalized spacial score (nSPS) is 18.5. The fourth-order valence-corrected chi connectivity index (χ4v) is 2.27. The molecule has 0 spiro atoms. The molecule has 1 saturated heterocycles. The van der Waals surface area contributed by atoms with Crippen LogP contribution in [0, 0.1) is 6.92 Å². The molecule has 2 aromatic rings. The van der Waals surface area contributed by atoms with Crippen LogP contribution in [-0.2, 0) is 0 Å². The van der Waals surface area contributed by atoms with Crippen molar-refractivity contribution in [1.29, 1.82) is 0 Å². The van der Waals surface area contributed by atoms with Gasteiger partial charge in [-0.3, -0.25) is 4.98 Å². The Hall–Kier alpha value is -2.08. The first kappa shape index (κ1) is 12.0. The zero-order chi connectivity index (χ0) is 13.1. The van der Waals surface area contributed by atoms with Gasteiger partial charge in [0, 0.05) is 24.5 Å². The lowest BCUT2D eigenvalue weighted by Crippen LogP contribution is -2.15. The van der Waals surface area contributed by atoms with Gasteiger partial charge in [0.1, 0.15) is 17.5 Å². The summed E-state index contributed by atoms with van der Waals surface area (Å²) in [6.45, 7) is 2.96. The topological polar surface area (TPSA) is 75.6 Å². The van der Waals surface area contributed by atoms with E-state index in [4.69, 9.17) is 0 Å². The summed E-state index contributed by atoms with van der Waals surface area (Å²) in [6, 6.07) is 2.31. The monoisotopic (exact) mass is 256 g/mol. The SMILES string of the molecule is Cc1nc(Nc2cnccn2)cc([C@@H]2CCCN2)n1. The molecule has 0 aliphatic carbocycles. The minimum Gasteiger partial charge on any atom is -0.324 e. The van der Waals surface area contributed by atoms with Crippen LogP contribution in [0.4, 0.5) is 11.6 Å². The van der Waals surface area contributed by atoms with Crippen LogP contribution in [0.25, 0.3) is 0 Å². The maximum Gasteiger partial charge on any atom is 0.150 e. The second-order valence-electron chi connectivity index (χ2n) is 4.59. The standard InChI is InChI=1S/C13H16N6/c1-9-17-11(10-3-2-4-15-10)7-12(18-9)19-13-8-14-5-6-16-13/h5-8,10,15H,2-4H2,1H3,(H,16,17,18,19)/t10-/m0/s1. The fourth-order valence-electron chi connectivity index (χ4n) is 2.27. The Balaban J connectivity index is 1.85. The summed E-state index contributed by atoms with van der Waals surface area (Å²) < 4.78 is 0. The van der Waals surface area contributed by atoms with E-state index in [0.717, 1.165) is 30.3 Å². The Kier molecular flexibility index (Phi) is 3.33. The second-order valence-corrected chi connectivity index (χ2v) is 4.59. The molecule has 2 aromatic heterocycles. The van der Waals surface area contributed by atoms with Crippen molar-refractivity contribution in [3.05, 3.63) is 36.2 Å². The average Bonchev–Trinajstić information content (AvgIpc) is 2.93. The molecule has 1 atom stereocenters. The van der Waals surface area contributed by atoms with Crippen molar-refractivity contribution in [3.8, 4) is 0 Å². The van der Waals surface area contributed by atoms with E-state index < -0.39 is 0 Å². The molecule has 0 saturated carbocycles. The van der Waals surface area contributed by atoms with Crippen LogP contribution in [-0.4, -0.2) is 26.5 Å². The molecular weight excluding hydrogens is 240 g/mol. The molecule has 0 unspecified atom stereocenters. The van der Waals surface area contributed by atoms with E-state index in [1.165, 1.54) is 6.42 Å². The van der Waals surface area contributed by atoms with Crippen molar-refractivity contribution in [2.45, 2.75) is 25.8 Å². The lowest BCUT2D eigenvalue weighted by molar-refractivity contribution is 0.623. The van der Waals surface area contributed by atoms with Crippen molar-refractivity contribution >= 4 is 11.6 Å². The number of hydrogen-bond donors (Lipinski definition) is 2. The first-order valence-corrected chi connectivity index (χ1v) is 6.43. The van der Waals surface area contributed by atoms with Gasteiger partial charge >= 0.3 is 0 Å². The molecule has 3 heterocycles. The summed E-state index contributed by atoms with van der Waals surface area (Å²) in [4.78, 5) is 17.1. The first-order chi connectivity index (χ1) is 9.31. The smallest absolute Gasteiger partial charge is 0.150 e. The summed E-state index contributed by atoms with van der Waals surface area (Å²) in [5, 5.41) is 6.60. The van der Waals surface area contributed by atoms with E-state index in [9.17, 15) is 0 Å². The number of aromatic nitrogens is 4. The van der Waals surface area contributed by atoms with Gasteiger partial charge in [-0.2, -0.15) is 0 Å². The second kappa shape index (κ2) is 5.27. The highest BCUT2D eigenvalue weighted by Crippen LogP contribution is 2.23. The van der Waals surface area contributed by atoms with Crippen LogP contribution in [0.15, 0.2) is 24.7 Å². The molecule has 0 radical (unpaired) electrons. The van der Waals surface area contributed by atoms with E-state index in [2.05, 4.69) is 30.6 Å². The number of rotatable bonds is 3. The molecule has 0 bridgehead atoms. The van der Waals surface area contributed by atoms with Gasteiger partial charge in [0.05, 0.1) is 11.9 Å². The number of nitrogens with zero attached hydrogens (tertiary/aromatic N) is 4. The molecule has 3 rings (SSSR count). The molecule has 0 aromatic carbocycles. The maximum atomic E-state index is 4.51. The van der Waals surface area contributed by atoms with Gasteiger partial charge < -0.3 is 10.6 Å². The van der Waals surface area contributed by atoms with E-state index in [-0.39, 0.29) is 0 Å². The Morgan fingerprint density at radius 1 is 1.26 bits per heavy atom. The molecule has 1 fully saturated rings. The fraction of sp³-hybridized carbons (Fsp3) is 0.385. The lowest BCUT2D eigenvalue weighted by Gasteiger charge is -2.12. The van der Waals surface area contributed by atoms with Gasteiger partial charge in [-0.1, -0.05) is 0 Å². The quantitative estimate of drug-likeness (QED) is 0.871. The average molecular weight is 256 g/mol. The third kappa shape index (κ3) is 2.85. The molecule has 98 valence electrons. The summed E-state index contributed by atoms with van der Waals surface area (Å²) in [5.74, 6) is 2.21. The third-order valence-corrected chi connectivity index (χ3v) is 3.09. The molecular formula is C13H16N6. The van der Waals surface area contributed by atoms with E-state index in [1.54, 1.807) is 18.6 Å². The number of anilines is 2. The van der Waals surface area contributed by atoms with Gasteiger partial charge in [0.15, 0.2) is 0 Å². The molecule has 1 aliphatic rings. The molecule has 6 nitrogen and oxygen atoms in total. The molecule has 1 aliphatic heterocycles. The predicted molar refractivity (Wildman–Crippen MR) is 72.1 cm³/mol. The Labute approximate surface area is 111 Å². The number of nitrogens with one attached hydrogen (secondary N) is 2. The molecule has 19 heavy (non-hydrogen) atoms. The van der Waals surface area contributed by atoms with Crippen molar-refractivity contribution in [2.24, 2.45) is 0 Å². The van der Waals surface area contributed by atoms with E-state index >= 15 is 0 Å². The maximum absolute atomic E-state index is 4.51. The van der Waals surface area contributed by atoms with Gasteiger partial charge in [0.2, 0.25) is 0 Å². The van der Waals surface area contributed by atoms with Gasteiger partial charge in [-0.15, -0.1) is 0 Å². The summed E-state index contributed by atoms with van der Waals surface area (Å²) in [6.07, 6.45) is 7.28. The van der Waals surface area contributed by atoms with Gasteiger partial charge in [0.25, 0.3) is 0 Å². The highest BCUT2D eigenvalue weighted by molar-refractivity contribution is 5.50. The first-order valence-electron chi connectivity index (χ1n) is 6.43. The predicted octanol–water partition coefficient (Wildman–Crippen LogP) is 1.74. The summed E-state index contributed by atoms with van der Waals surface area (Å²) >= 11 is 0. The molecule has 2 N–H and O–H groups in total. The summed E-state index contributed by atoms with van der Waals surface area (Å²) in [5.41, 5.74) is 1.04. The van der Waals surface area contributed by atoms with Crippen LogP contribution < -0.4 is 10.6 Å². The largest absolute Gasteiger partial charge is 0.324 e. The molecule has 6 heteroatoms. The van der Waals surface area contributed by atoms with E-state index in [0.29, 0.717) is 11.9 Å². The van der Waals surface area contributed by atoms with Crippen LogP contribution in [0.5, 0.6) is 0 Å². The lowest BCUT2D eigenvalue weighted by atomic mass is 10.1. The van der Waals surface area contributed by atoms with Crippen LogP contribution in [0.2, 0.25) is 0 Å². The summed E-state index contributed by atoms with van der Waals surface area (Å²) in [7, 11) is 0.